The first kappa shape index (κ1) is 15.8. The lowest BCUT2D eigenvalue weighted by molar-refractivity contribution is 0.203. The van der Waals surface area contributed by atoms with E-state index in [4.69, 9.17) is 16.3 Å². The lowest BCUT2D eigenvalue weighted by atomic mass is 9.74. The van der Waals surface area contributed by atoms with Crippen LogP contribution in [0.5, 0.6) is 5.75 Å². The van der Waals surface area contributed by atoms with Gasteiger partial charge in [0.1, 0.15) is 5.75 Å². The van der Waals surface area contributed by atoms with Gasteiger partial charge in [0.15, 0.2) is 0 Å². The van der Waals surface area contributed by atoms with Crippen LogP contribution in [0.2, 0.25) is 5.02 Å². The fourth-order valence-electron chi connectivity index (χ4n) is 3.48. The molecule has 1 saturated carbocycles. The molecule has 1 aliphatic heterocycles. The molecule has 3 rings (SSSR count). The average molecular weight is 341 g/mol. The van der Waals surface area contributed by atoms with Crippen LogP contribution in [0.1, 0.15) is 44.1 Å². The fourth-order valence-corrected chi connectivity index (χ4v) is 3.81. The van der Waals surface area contributed by atoms with Crippen LogP contribution >= 0.6 is 24.2 Å². The van der Waals surface area contributed by atoms with Gasteiger partial charge in [-0.15, -0.1) is 0 Å². The third-order valence-electron chi connectivity index (χ3n) is 4.45. The van der Waals surface area contributed by atoms with Crippen LogP contribution < -0.4 is 15.4 Å². The second-order valence-electron chi connectivity index (χ2n) is 5.94. The number of ether oxygens (including phenoxy) is 1. The summed E-state index contributed by atoms with van der Waals surface area (Å²) >= 11 is 10.6. The van der Waals surface area contributed by atoms with E-state index < -0.39 is 0 Å². The van der Waals surface area contributed by atoms with E-state index in [0.717, 1.165) is 49.2 Å². The summed E-state index contributed by atoms with van der Waals surface area (Å²) in [5, 5.41) is 6.56. The lowest BCUT2D eigenvalue weighted by Gasteiger charge is -2.43. The van der Waals surface area contributed by atoms with E-state index in [1.54, 1.807) is 6.07 Å². The maximum atomic E-state index is 12.1. The molecule has 6 heteroatoms. The molecule has 120 valence electrons. The number of hydrogen-bond donors (Lipinski definition) is 3. The molecule has 0 bridgehead atoms. The molecule has 22 heavy (non-hydrogen) atoms. The highest BCUT2D eigenvalue weighted by atomic mass is 35.5. The van der Waals surface area contributed by atoms with E-state index in [9.17, 15) is 4.79 Å². The van der Waals surface area contributed by atoms with Gasteiger partial charge in [-0.1, -0.05) is 30.9 Å². The molecular weight excluding hydrogens is 320 g/mol. The Balaban J connectivity index is 2.04. The number of hydrogen-bond acceptors (Lipinski definition) is 3. The number of rotatable bonds is 4. The Morgan fingerprint density at radius 2 is 2.05 bits per heavy atom. The second kappa shape index (κ2) is 6.59. The van der Waals surface area contributed by atoms with E-state index in [1.165, 1.54) is 6.42 Å². The molecule has 0 unspecified atom stereocenters. The van der Waals surface area contributed by atoms with Crippen molar-refractivity contribution in [2.75, 3.05) is 17.7 Å². The molecule has 1 heterocycles. The topological polar surface area (TPSA) is 50.4 Å². The van der Waals surface area contributed by atoms with E-state index in [1.807, 2.05) is 6.07 Å². The summed E-state index contributed by atoms with van der Waals surface area (Å²) in [6.45, 7) is 0.613. The summed E-state index contributed by atoms with van der Waals surface area (Å²) in [6, 6.07) is 3.53. The molecule has 0 aromatic heterocycles. The van der Waals surface area contributed by atoms with Crippen LogP contribution in [-0.2, 0) is 5.54 Å². The Kier molecular flexibility index (Phi) is 4.73. The highest BCUT2D eigenvalue weighted by Crippen LogP contribution is 2.49. The molecule has 1 aromatic rings. The van der Waals surface area contributed by atoms with Gasteiger partial charge in [0.2, 0.25) is 0 Å². The number of carbonyl (C=O) groups excluding carboxylic acids is 1. The molecule has 2 amide bonds. The fraction of sp³-hybridized carbons (Fsp3) is 0.562. The highest BCUT2D eigenvalue weighted by molar-refractivity contribution is 7.80. The number of benzene rings is 1. The van der Waals surface area contributed by atoms with E-state index >= 15 is 0 Å². The lowest BCUT2D eigenvalue weighted by Crippen LogP contribution is -2.52. The van der Waals surface area contributed by atoms with Crippen LogP contribution in [0.4, 0.5) is 10.5 Å². The van der Waals surface area contributed by atoms with Gasteiger partial charge in [0.05, 0.1) is 22.9 Å². The highest BCUT2D eigenvalue weighted by Gasteiger charge is 2.43. The average Bonchev–Trinajstić information content (AvgIpc) is 2.51. The van der Waals surface area contributed by atoms with Gasteiger partial charge in [0.25, 0.3) is 0 Å². The number of thiol groups is 1. The first-order chi connectivity index (χ1) is 10.7. The Morgan fingerprint density at radius 3 is 2.77 bits per heavy atom. The predicted octanol–water partition coefficient (Wildman–Crippen LogP) is 4.33. The second-order valence-corrected chi connectivity index (χ2v) is 6.80. The third-order valence-corrected chi connectivity index (χ3v) is 5.08. The van der Waals surface area contributed by atoms with Crippen molar-refractivity contribution in [1.82, 2.24) is 5.32 Å². The van der Waals surface area contributed by atoms with Crippen LogP contribution in [-0.4, -0.2) is 18.4 Å². The normalized spacial score (nSPS) is 19.3. The Hall–Kier alpha value is -1.07. The van der Waals surface area contributed by atoms with Gasteiger partial charge in [-0.3, -0.25) is 0 Å². The molecule has 1 fully saturated rings. The SMILES string of the molecule is O=C1Nc2c(Cl)ccc(OCCCS)c2C2(CCCCC2)N1. The molecule has 4 nitrogen and oxygen atoms in total. The smallest absolute Gasteiger partial charge is 0.319 e. The Morgan fingerprint density at radius 1 is 1.27 bits per heavy atom. The van der Waals surface area contributed by atoms with Crippen molar-refractivity contribution in [2.24, 2.45) is 0 Å². The van der Waals surface area contributed by atoms with Crippen LogP contribution in [0.3, 0.4) is 0 Å². The van der Waals surface area contributed by atoms with E-state index in [0.29, 0.717) is 17.3 Å². The van der Waals surface area contributed by atoms with E-state index in [2.05, 4.69) is 23.3 Å². The molecule has 1 aliphatic carbocycles. The first-order valence-electron chi connectivity index (χ1n) is 7.82. The summed E-state index contributed by atoms with van der Waals surface area (Å²) < 4.78 is 5.96. The molecule has 2 aliphatic rings. The summed E-state index contributed by atoms with van der Waals surface area (Å²) in [5.74, 6) is 1.60. The third kappa shape index (κ3) is 2.88. The number of carbonyl (C=O) groups is 1. The molecule has 0 atom stereocenters. The number of anilines is 1. The Labute approximate surface area is 141 Å². The zero-order chi connectivity index (χ0) is 15.6. The maximum absolute atomic E-state index is 12.1. The molecular formula is C16H21ClN2O2S. The number of fused-ring (bicyclic) bond motifs is 2. The molecule has 0 radical (unpaired) electrons. The zero-order valence-corrected chi connectivity index (χ0v) is 14.1. The van der Waals surface area contributed by atoms with Gasteiger partial charge in [-0.2, -0.15) is 12.6 Å². The van der Waals surface area contributed by atoms with Crippen LogP contribution in [0.15, 0.2) is 12.1 Å². The number of amides is 2. The van der Waals surface area contributed by atoms with Crippen molar-refractivity contribution in [1.29, 1.82) is 0 Å². The predicted molar refractivity (Wildman–Crippen MR) is 92.3 cm³/mol. The van der Waals surface area contributed by atoms with Gasteiger partial charge in [-0.05, 0) is 37.1 Å². The van der Waals surface area contributed by atoms with Gasteiger partial charge in [-0.25, -0.2) is 4.79 Å². The number of urea groups is 1. The molecule has 1 spiro atoms. The standard InChI is InChI=1S/C16H21ClN2O2S/c17-11-5-6-12(21-9-4-10-22)13-14(11)18-15(20)19-16(13)7-2-1-3-8-16/h5-6,22H,1-4,7-10H2,(H2,18,19,20). The van der Waals surface area contributed by atoms with Gasteiger partial charge < -0.3 is 15.4 Å². The summed E-state index contributed by atoms with van der Waals surface area (Å²) in [6.07, 6.45) is 6.14. The van der Waals surface area contributed by atoms with Crippen LogP contribution in [0.25, 0.3) is 0 Å². The van der Waals surface area contributed by atoms with Crippen molar-refractivity contribution >= 4 is 35.9 Å². The van der Waals surface area contributed by atoms with Crippen molar-refractivity contribution in [2.45, 2.75) is 44.1 Å². The Bertz CT molecular complexity index is 574. The van der Waals surface area contributed by atoms with Gasteiger partial charge in [0, 0.05) is 5.56 Å². The quantitative estimate of drug-likeness (QED) is 0.564. The van der Waals surface area contributed by atoms with Crippen molar-refractivity contribution in [3.8, 4) is 5.75 Å². The minimum absolute atomic E-state index is 0.177. The summed E-state index contributed by atoms with van der Waals surface area (Å²) in [4.78, 5) is 12.1. The van der Waals surface area contributed by atoms with Gasteiger partial charge >= 0.3 is 6.03 Å². The molecule has 2 N–H and O–H groups in total. The monoisotopic (exact) mass is 340 g/mol. The van der Waals surface area contributed by atoms with Crippen LogP contribution in [0, 0.1) is 0 Å². The van der Waals surface area contributed by atoms with Crippen molar-refractivity contribution in [3.63, 3.8) is 0 Å². The molecule has 1 aromatic carbocycles. The number of nitrogens with one attached hydrogen (secondary N) is 2. The number of halogens is 1. The maximum Gasteiger partial charge on any atom is 0.319 e. The minimum atomic E-state index is -0.350. The summed E-state index contributed by atoms with van der Waals surface area (Å²) in [7, 11) is 0. The minimum Gasteiger partial charge on any atom is -0.493 e. The molecule has 0 saturated heterocycles. The zero-order valence-electron chi connectivity index (χ0n) is 12.5. The summed E-state index contributed by atoms with van der Waals surface area (Å²) in [5.41, 5.74) is 1.37. The first-order valence-corrected chi connectivity index (χ1v) is 8.83. The largest absolute Gasteiger partial charge is 0.493 e. The van der Waals surface area contributed by atoms with Crippen molar-refractivity contribution in [3.05, 3.63) is 22.7 Å². The van der Waals surface area contributed by atoms with E-state index in [-0.39, 0.29) is 11.6 Å². The van der Waals surface area contributed by atoms with Crippen molar-refractivity contribution < 1.29 is 9.53 Å².